The average molecular weight is 288 g/mol. The number of hydrogen-bond acceptors (Lipinski definition) is 3. The van der Waals surface area contributed by atoms with E-state index in [-0.39, 0.29) is 12.1 Å². The molecular formula is C14H19F3N2O. The fraction of sp³-hybridized carbons (Fsp3) is 0.571. The van der Waals surface area contributed by atoms with Gasteiger partial charge >= 0.3 is 6.18 Å². The standard InChI is InChI=1S/C14H19F3N2O/c15-14(16,17)11-5-3-10(4-6-11)13(19-18)8-7-12-2-1-9-20-12/h3-6,12-13,19H,1-2,7-9,18H2. The minimum atomic E-state index is -4.30. The van der Waals surface area contributed by atoms with Crippen LogP contribution in [0.25, 0.3) is 0 Å². The molecule has 0 saturated carbocycles. The van der Waals surface area contributed by atoms with E-state index in [1.54, 1.807) is 0 Å². The molecule has 112 valence electrons. The molecule has 0 aliphatic carbocycles. The highest BCUT2D eigenvalue weighted by Gasteiger charge is 2.30. The van der Waals surface area contributed by atoms with Gasteiger partial charge < -0.3 is 4.74 Å². The first kappa shape index (κ1) is 15.3. The molecule has 0 spiro atoms. The van der Waals surface area contributed by atoms with Crippen molar-refractivity contribution in [3.05, 3.63) is 35.4 Å². The second kappa shape index (κ2) is 6.56. The maximum Gasteiger partial charge on any atom is 0.416 e. The first-order valence-corrected chi connectivity index (χ1v) is 6.75. The fourth-order valence-corrected chi connectivity index (χ4v) is 2.48. The number of alkyl halides is 3. The summed E-state index contributed by atoms with van der Waals surface area (Å²) in [5, 5.41) is 0. The number of halogens is 3. The minimum Gasteiger partial charge on any atom is -0.378 e. The molecular weight excluding hydrogens is 269 g/mol. The molecule has 2 unspecified atom stereocenters. The average Bonchev–Trinajstić information content (AvgIpc) is 2.92. The van der Waals surface area contributed by atoms with Gasteiger partial charge in [-0.15, -0.1) is 0 Å². The lowest BCUT2D eigenvalue weighted by Gasteiger charge is -2.19. The van der Waals surface area contributed by atoms with Crippen molar-refractivity contribution in [2.24, 2.45) is 5.84 Å². The summed E-state index contributed by atoms with van der Waals surface area (Å²) in [6, 6.07) is 4.98. The molecule has 1 saturated heterocycles. The Balaban J connectivity index is 1.96. The Morgan fingerprint density at radius 3 is 2.50 bits per heavy atom. The van der Waals surface area contributed by atoms with E-state index < -0.39 is 11.7 Å². The smallest absolute Gasteiger partial charge is 0.378 e. The molecule has 1 aliphatic rings. The Kier molecular flexibility index (Phi) is 5.01. The quantitative estimate of drug-likeness (QED) is 0.646. The number of ether oxygens (including phenoxy) is 1. The third kappa shape index (κ3) is 3.94. The highest BCUT2D eigenvalue weighted by Crippen LogP contribution is 2.30. The van der Waals surface area contributed by atoms with E-state index in [1.165, 1.54) is 12.1 Å². The van der Waals surface area contributed by atoms with Gasteiger partial charge in [-0.2, -0.15) is 13.2 Å². The lowest BCUT2D eigenvalue weighted by Crippen LogP contribution is -2.29. The van der Waals surface area contributed by atoms with Gasteiger partial charge in [0.1, 0.15) is 0 Å². The molecule has 3 nitrogen and oxygen atoms in total. The SMILES string of the molecule is NNC(CCC1CCCO1)c1ccc(C(F)(F)F)cc1. The summed E-state index contributed by atoms with van der Waals surface area (Å²) in [4.78, 5) is 0. The fourth-order valence-electron chi connectivity index (χ4n) is 2.48. The van der Waals surface area contributed by atoms with Crippen LogP contribution in [0, 0.1) is 0 Å². The van der Waals surface area contributed by atoms with Crippen LogP contribution in [0.3, 0.4) is 0 Å². The summed E-state index contributed by atoms with van der Waals surface area (Å²) >= 11 is 0. The lowest BCUT2D eigenvalue weighted by atomic mass is 9.98. The zero-order chi connectivity index (χ0) is 14.6. The van der Waals surface area contributed by atoms with Gasteiger partial charge in [0.2, 0.25) is 0 Å². The Morgan fingerprint density at radius 1 is 1.30 bits per heavy atom. The second-order valence-corrected chi connectivity index (χ2v) is 5.05. The van der Waals surface area contributed by atoms with Crippen LogP contribution in [0.15, 0.2) is 24.3 Å². The monoisotopic (exact) mass is 288 g/mol. The number of rotatable bonds is 5. The van der Waals surface area contributed by atoms with Crippen molar-refractivity contribution in [1.82, 2.24) is 5.43 Å². The van der Waals surface area contributed by atoms with Crippen LogP contribution in [0.1, 0.15) is 42.9 Å². The molecule has 0 bridgehead atoms. The van der Waals surface area contributed by atoms with E-state index in [2.05, 4.69) is 5.43 Å². The van der Waals surface area contributed by atoms with E-state index in [4.69, 9.17) is 10.6 Å². The predicted octanol–water partition coefficient (Wildman–Crippen LogP) is 3.17. The molecule has 0 aromatic heterocycles. The van der Waals surface area contributed by atoms with Crippen molar-refractivity contribution in [1.29, 1.82) is 0 Å². The zero-order valence-corrected chi connectivity index (χ0v) is 11.1. The van der Waals surface area contributed by atoms with Crippen LogP contribution in [-0.2, 0) is 10.9 Å². The first-order chi connectivity index (χ1) is 9.50. The van der Waals surface area contributed by atoms with Crippen molar-refractivity contribution in [2.75, 3.05) is 6.61 Å². The van der Waals surface area contributed by atoms with Crippen LogP contribution in [0.5, 0.6) is 0 Å². The molecule has 1 fully saturated rings. The zero-order valence-electron chi connectivity index (χ0n) is 11.1. The molecule has 1 aliphatic heterocycles. The number of nitrogens with two attached hydrogens (primary N) is 1. The van der Waals surface area contributed by atoms with E-state index in [0.717, 1.165) is 50.0 Å². The molecule has 3 N–H and O–H groups in total. The van der Waals surface area contributed by atoms with E-state index >= 15 is 0 Å². The molecule has 0 radical (unpaired) electrons. The number of hydrazine groups is 1. The first-order valence-electron chi connectivity index (χ1n) is 6.75. The normalized spacial score (nSPS) is 21.1. The summed E-state index contributed by atoms with van der Waals surface area (Å²) in [7, 11) is 0. The molecule has 1 aromatic carbocycles. The van der Waals surface area contributed by atoms with Gasteiger partial charge in [0.05, 0.1) is 11.7 Å². The van der Waals surface area contributed by atoms with Crippen LogP contribution < -0.4 is 11.3 Å². The second-order valence-electron chi connectivity index (χ2n) is 5.05. The van der Waals surface area contributed by atoms with Gasteiger partial charge in [-0.1, -0.05) is 12.1 Å². The maximum atomic E-state index is 12.5. The molecule has 6 heteroatoms. The highest BCUT2D eigenvalue weighted by atomic mass is 19.4. The minimum absolute atomic E-state index is 0.151. The van der Waals surface area contributed by atoms with Gasteiger partial charge in [0, 0.05) is 12.6 Å². The topological polar surface area (TPSA) is 47.3 Å². The third-order valence-electron chi connectivity index (χ3n) is 3.64. The van der Waals surface area contributed by atoms with Crippen LogP contribution in [0.4, 0.5) is 13.2 Å². The summed E-state index contributed by atoms with van der Waals surface area (Å²) in [5.74, 6) is 5.50. The Hall–Kier alpha value is -1.11. The van der Waals surface area contributed by atoms with Gasteiger partial charge in [0.25, 0.3) is 0 Å². The van der Waals surface area contributed by atoms with Crippen molar-refractivity contribution >= 4 is 0 Å². The van der Waals surface area contributed by atoms with Crippen molar-refractivity contribution in [2.45, 2.75) is 44.0 Å². The third-order valence-corrected chi connectivity index (χ3v) is 3.64. The summed E-state index contributed by atoms with van der Waals surface area (Å²) in [6.07, 6.45) is -0.333. The molecule has 1 heterocycles. The molecule has 2 atom stereocenters. The predicted molar refractivity (Wildman–Crippen MR) is 69.7 cm³/mol. The van der Waals surface area contributed by atoms with Crippen LogP contribution in [0.2, 0.25) is 0 Å². The molecule has 2 rings (SSSR count). The van der Waals surface area contributed by atoms with E-state index in [1.807, 2.05) is 0 Å². The Bertz CT molecular complexity index is 413. The number of nitrogens with one attached hydrogen (secondary N) is 1. The van der Waals surface area contributed by atoms with Gasteiger partial charge in [-0.3, -0.25) is 11.3 Å². The van der Waals surface area contributed by atoms with Gasteiger partial charge in [-0.25, -0.2) is 0 Å². The van der Waals surface area contributed by atoms with Crippen molar-refractivity contribution < 1.29 is 17.9 Å². The van der Waals surface area contributed by atoms with Crippen molar-refractivity contribution in [3.63, 3.8) is 0 Å². The molecule has 20 heavy (non-hydrogen) atoms. The highest BCUT2D eigenvalue weighted by molar-refractivity contribution is 5.26. The van der Waals surface area contributed by atoms with E-state index in [9.17, 15) is 13.2 Å². The largest absolute Gasteiger partial charge is 0.416 e. The summed E-state index contributed by atoms with van der Waals surface area (Å²) in [6.45, 7) is 0.797. The molecule has 1 aromatic rings. The van der Waals surface area contributed by atoms with E-state index in [0.29, 0.717) is 0 Å². The number of benzene rings is 1. The van der Waals surface area contributed by atoms with Crippen LogP contribution in [-0.4, -0.2) is 12.7 Å². The Labute approximate surface area is 116 Å². The lowest BCUT2D eigenvalue weighted by molar-refractivity contribution is -0.137. The Morgan fingerprint density at radius 2 is 2.00 bits per heavy atom. The van der Waals surface area contributed by atoms with Crippen molar-refractivity contribution in [3.8, 4) is 0 Å². The maximum absolute atomic E-state index is 12.5. The summed E-state index contributed by atoms with van der Waals surface area (Å²) in [5.41, 5.74) is 2.78. The van der Waals surface area contributed by atoms with Gasteiger partial charge in [-0.05, 0) is 43.4 Å². The van der Waals surface area contributed by atoms with Crippen LogP contribution >= 0.6 is 0 Å². The molecule has 0 amide bonds. The number of hydrogen-bond donors (Lipinski definition) is 2. The van der Waals surface area contributed by atoms with Gasteiger partial charge in [0.15, 0.2) is 0 Å². The summed E-state index contributed by atoms with van der Waals surface area (Å²) < 4.78 is 43.0.